The summed E-state index contributed by atoms with van der Waals surface area (Å²) in [5, 5.41) is 23.9. The number of amides is 1. The molecule has 0 unspecified atom stereocenters. The van der Waals surface area contributed by atoms with Crippen molar-refractivity contribution in [2.24, 2.45) is 0 Å². The van der Waals surface area contributed by atoms with E-state index in [1.54, 1.807) is 30.3 Å². The highest BCUT2D eigenvalue weighted by molar-refractivity contribution is 6.06. The lowest BCUT2D eigenvalue weighted by atomic mass is 10.2. The average Bonchev–Trinajstić information content (AvgIpc) is 2.63. The summed E-state index contributed by atoms with van der Waals surface area (Å²) < 4.78 is 10.3. The van der Waals surface area contributed by atoms with Crippen molar-refractivity contribution in [3.05, 3.63) is 54.2 Å². The minimum Gasteiger partial charge on any atom is -0.508 e. The van der Waals surface area contributed by atoms with Crippen LogP contribution in [-0.4, -0.2) is 25.2 Å². The van der Waals surface area contributed by atoms with Crippen molar-refractivity contribution in [2.45, 2.75) is 0 Å². The average molecular weight is 339 g/mol. The number of benzene rings is 2. The fraction of sp³-hybridized carbons (Fsp3) is 0.111. The Morgan fingerprint density at radius 3 is 2.32 bits per heavy atom. The van der Waals surface area contributed by atoms with Crippen molar-refractivity contribution in [1.82, 2.24) is 0 Å². The van der Waals surface area contributed by atoms with Gasteiger partial charge in [-0.15, -0.1) is 0 Å². The highest BCUT2D eigenvalue weighted by Crippen LogP contribution is 2.29. The van der Waals surface area contributed by atoms with Gasteiger partial charge >= 0.3 is 0 Å². The van der Waals surface area contributed by atoms with Gasteiger partial charge in [-0.05, 0) is 36.4 Å². The number of nitrogens with zero attached hydrogens (tertiary/aromatic N) is 1. The highest BCUT2D eigenvalue weighted by Gasteiger charge is 2.11. The van der Waals surface area contributed by atoms with E-state index in [0.29, 0.717) is 22.9 Å². The largest absolute Gasteiger partial charge is 0.508 e. The second-order valence-electron chi connectivity index (χ2n) is 4.88. The quantitative estimate of drug-likeness (QED) is 0.425. The van der Waals surface area contributed by atoms with Crippen molar-refractivity contribution in [3.63, 3.8) is 0 Å². The van der Waals surface area contributed by atoms with Gasteiger partial charge in [0.2, 0.25) is 0 Å². The summed E-state index contributed by atoms with van der Waals surface area (Å²) in [6.07, 6.45) is 1.29. The zero-order valence-electron chi connectivity index (χ0n) is 13.7. The number of carbonyl (C=O) groups excluding carboxylic acids is 1. The third-order valence-corrected chi connectivity index (χ3v) is 3.26. The zero-order chi connectivity index (χ0) is 18.2. The fourth-order valence-corrected chi connectivity index (χ4v) is 1.97. The molecule has 25 heavy (non-hydrogen) atoms. The predicted molar refractivity (Wildman–Crippen MR) is 93.6 cm³/mol. The van der Waals surface area contributed by atoms with E-state index in [4.69, 9.17) is 9.47 Å². The first-order chi connectivity index (χ1) is 12.1. The molecule has 1 amide bonds. The van der Waals surface area contributed by atoms with Gasteiger partial charge in [0.25, 0.3) is 5.91 Å². The first-order valence-corrected chi connectivity index (χ1v) is 7.26. The molecule has 0 fully saturated rings. The molecule has 0 saturated heterocycles. The van der Waals surface area contributed by atoms with Crippen molar-refractivity contribution in [1.29, 1.82) is 5.26 Å². The lowest BCUT2D eigenvalue weighted by Gasteiger charge is -2.10. The van der Waals surface area contributed by atoms with E-state index in [9.17, 15) is 15.2 Å². The number of hydrogen-bond donors (Lipinski definition) is 3. The van der Waals surface area contributed by atoms with Crippen molar-refractivity contribution >= 4 is 17.3 Å². The van der Waals surface area contributed by atoms with Crippen molar-refractivity contribution < 1.29 is 19.4 Å². The molecule has 2 aromatic rings. The van der Waals surface area contributed by atoms with E-state index < -0.39 is 5.91 Å². The molecule has 0 aliphatic rings. The monoisotopic (exact) mass is 339 g/mol. The molecule has 0 aromatic heterocycles. The second kappa shape index (κ2) is 8.26. The molecular weight excluding hydrogens is 322 g/mol. The third-order valence-electron chi connectivity index (χ3n) is 3.26. The van der Waals surface area contributed by atoms with Crippen LogP contribution in [0.2, 0.25) is 0 Å². The molecule has 128 valence electrons. The molecule has 0 atom stereocenters. The molecular formula is C18H17N3O4. The molecule has 0 radical (unpaired) electrons. The second-order valence-corrected chi connectivity index (χ2v) is 4.88. The Hall–Kier alpha value is -3.66. The Bertz CT molecular complexity index is 823. The van der Waals surface area contributed by atoms with Crippen molar-refractivity contribution in [2.75, 3.05) is 24.9 Å². The van der Waals surface area contributed by atoms with Crippen LogP contribution in [0.3, 0.4) is 0 Å². The number of nitriles is 1. The van der Waals surface area contributed by atoms with Crippen molar-refractivity contribution in [3.8, 4) is 23.3 Å². The smallest absolute Gasteiger partial charge is 0.267 e. The molecule has 2 rings (SSSR count). The van der Waals surface area contributed by atoms with Gasteiger partial charge in [-0.3, -0.25) is 4.79 Å². The van der Waals surface area contributed by atoms with Crippen LogP contribution >= 0.6 is 0 Å². The van der Waals surface area contributed by atoms with E-state index in [0.717, 1.165) is 0 Å². The summed E-state index contributed by atoms with van der Waals surface area (Å²) in [4.78, 5) is 12.2. The Morgan fingerprint density at radius 1 is 1.08 bits per heavy atom. The number of carbonyl (C=O) groups is 1. The summed E-state index contributed by atoms with van der Waals surface area (Å²) >= 11 is 0. The molecule has 2 aromatic carbocycles. The Kier molecular flexibility index (Phi) is 5.85. The number of nitrogens with one attached hydrogen (secondary N) is 2. The molecule has 0 bridgehead atoms. The number of ether oxygens (including phenoxy) is 2. The van der Waals surface area contributed by atoms with E-state index in [2.05, 4.69) is 10.6 Å². The first kappa shape index (κ1) is 17.7. The molecule has 0 saturated carbocycles. The van der Waals surface area contributed by atoms with Crippen LogP contribution in [0, 0.1) is 11.3 Å². The standard InChI is InChI=1S/C18H17N3O4/c1-24-16-8-5-14(9-17(16)25-2)21-18(23)12(10-19)11-20-13-3-6-15(22)7-4-13/h3-9,11,20,22H,1-2H3,(H,21,23)/b12-11-. The Labute approximate surface area is 145 Å². The molecule has 3 N–H and O–H groups in total. The van der Waals surface area contributed by atoms with Gasteiger partial charge in [-0.2, -0.15) is 5.26 Å². The SMILES string of the molecule is COc1ccc(NC(=O)/C(C#N)=C\Nc2ccc(O)cc2)cc1OC. The van der Waals surface area contributed by atoms with Gasteiger partial charge in [0.1, 0.15) is 17.4 Å². The van der Waals surface area contributed by atoms with Crippen LogP contribution in [0.5, 0.6) is 17.2 Å². The summed E-state index contributed by atoms with van der Waals surface area (Å²) in [7, 11) is 3.01. The normalized spacial score (nSPS) is 10.5. The van der Waals surface area contributed by atoms with Gasteiger partial charge in [-0.1, -0.05) is 0 Å². The Morgan fingerprint density at radius 2 is 1.72 bits per heavy atom. The number of anilines is 2. The van der Waals surface area contributed by atoms with Crippen LogP contribution < -0.4 is 20.1 Å². The molecule has 7 nitrogen and oxygen atoms in total. The van der Waals surface area contributed by atoms with E-state index in [1.165, 1.54) is 32.6 Å². The summed E-state index contributed by atoms with van der Waals surface area (Å²) in [5.74, 6) is 0.554. The minimum atomic E-state index is -0.569. The lowest BCUT2D eigenvalue weighted by molar-refractivity contribution is -0.112. The molecule has 0 aliphatic heterocycles. The van der Waals surface area contributed by atoms with E-state index >= 15 is 0 Å². The van der Waals surface area contributed by atoms with Crippen LogP contribution in [0.25, 0.3) is 0 Å². The maximum atomic E-state index is 12.2. The molecule has 0 heterocycles. The summed E-state index contributed by atoms with van der Waals surface area (Å²) in [5.41, 5.74) is 0.987. The van der Waals surface area contributed by atoms with Gasteiger partial charge < -0.3 is 25.2 Å². The van der Waals surface area contributed by atoms with Crippen LogP contribution in [0.15, 0.2) is 54.2 Å². The predicted octanol–water partition coefficient (Wildman–Crippen LogP) is 2.87. The number of phenols is 1. The fourth-order valence-electron chi connectivity index (χ4n) is 1.97. The Balaban J connectivity index is 2.10. The maximum Gasteiger partial charge on any atom is 0.267 e. The van der Waals surface area contributed by atoms with Gasteiger partial charge in [0, 0.05) is 23.6 Å². The van der Waals surface area contributed by atoms with Crippen LogP contribution in [0.4, 0.5) is 11.4 Å². The maximum absolute atomic E-state index is 12.2. The number of methoxy groups -OCH3 is 2. The molecule has 0 aliphatic carbocycles. The summed E-state index contributed by atoms with van der Waals surface area (Å²) in [6.45, 7) is 0. The highest BCUT2D eigenvalue weighted by atomic mass is 16.5. The van der Waals surface area contributed by atoms with Crippen LogP contribution in [-0.2, 0) is 4.79 Å². The topological polar surface area (TPSA) is 104 Å². The minimum absolute atomic E-state index is 0.108. The summed E-state index contributed by atoms with van der Waals surface area (Å²) in [6, 6.07) is 12.9. The number of hydrogen-bond acceptors (Lipinski definition) is 6. The van der Waals surface area contributed by atoms with Gasteiger partial charge in [0.05, 0.1) is 14.2 Å². The van der Waals surface area contributed by atoms with E-state index in [-0.39, 0.29) is 11.3 Å². The van der Waals surface area contributed by atoms with Crippen LogP contribution in [0.1, 0.15) is 0 Å². The molecule has 0 spiro atoms. The molecule has 7 heteroatoms. The lowest BCUT2D eigenvalue weighted by Crippen LogP contribution is -2.14. The zero-order valence-corrected chi connectivity index (χ0v) is 13.7. The van der Waals surface area contributed by atoms with Gasteiger partial charge in [0.15, 0.2) is 11.5 Å². The first-order valence-electron chi connectivity index (χ1n) is 7.26. The van der Waals surface area contributed by atoms with E-state index in [1.807, 2.05) is 6.07 Å². The number of rotatable bonds is 6. The number of aromatic hydroxyl groups is 1. The third kappa shape index (κ3) is 4.65. The number of phenolic OH excluding ortho intramolecular Hbond substituents is 1. The van der Waals surface area contributed by atoms with Gasteiger partial charge in [-0.25, -0.2) is 0 Å².